The van der Waals surface area contributed by atoms with Gasteiger partial charge in [0.2, 0.25) is 0 Å². The van der Waals surface area contributed by atoms with Gasteiger partial charge >= 0.3 is 0 Å². The zero-order chi connectivity index (χ0) is 38.7. The van der Waals surface area contributed by atoms with Crippen molar-refractivity contribution in [1.82, 2.24) is 0 Å². The van der Waals surface area contributed by atoms with E-state index in [1.807, 2.05) is 0 Å². The summed E-state index contributed by atoms with van der Waals surface area (Å²) < 4.78 is 13.3. The molecule has 0 radical (unpaired) electrons. The van der Waals surface area contributed by atoms with Crippen LogP contribution in [0, 0.1) is 0 Å². The van der Waals surface area contributed by atoms with E-state index in [-0.39, 0.29) is 0 Å². The number of rotatable bonds is 4. The van der Waals surface area contributed by atoms with Gasteiger partial charge in [0.25, 0.3) is 0 Å². The summed E-state index contributed by atoms with van der Waals surface area (Å²) in [7, 11) is 0. The largest absolute Gasteiger partial charge is 0.456 e. The topological polar surface area (TPSA) is 22.4 Å². The second kappa shape index (κ2) is 12.2. The molecule has 1 aliphatic heterocycles. The number of fused-ring (bicyclic) bond motifs is 10. The summed E-state index contributed by atoms with van der Waals surface area (Å²) in [5.74, 6) is 1.74. The molecule has 1 aromatic heterocycles. The Morgan fingerprint density at radius 2 is 0.983 bits per heavy atom. The van der Waals surface area contributed by atoms with Crippen molar-refractivity contribution in [2.45, 2.75) is 5.41 Å². The first-order valence-corrected chi connectivity index (χ1v) is 20.3. The Balaban J connectivity index is 0.993. The maximum absolute atomic E-state index is 6.77. The highest BCUT2D eigenvalue weighted by molar-refractivity contribution is 6.19. The SMILES string of the molecule is c1ccc(C2(c3ccccc3)c3ccccc3-c3ccc(-c4ccc5c6c(cccc46)-c4cc(-c6cccc7oc8c9ccccc9ccc8c67)ccc4O5)cc32)cc1. The maximum atomic E-state index is 6.77. The lowest BCUT2D eigenvalue weighted by Gasteiger charge is -2.34. The molecule has 10 aromatic carbocycles. The van der Waals surface area contributed by atoms with Crippen LogP contribution in [0.1, 0.15) is 22.3 Å². The maximum Gasteiger partial charge on any atom is 0.143 e. The third-order valence-electron chi connectivity index (χ3n) is 13.0. The minimum Gasteiger partial charge on any atom is -0.456 e. The van der Waals surface area contributed by atoms with Gasteiger partial charge in [-0.2, -0.15) is 0 Å². The van der Waals surface area contributed by atoms with E-state index in [0.717, 1.165) is 60.9 Å². The second-order valence-electron chi connectivity index (χ2n) is 15.9. The number of hydrogen-bond donors (Lipinski definition) is 0. The van der Waals surface area contributed by atoms with Crippen LogP contribution in [-0.4, -0.2) is 0 Å². The van der Waals surface area contributed by atoms with E-state index < -0.39 is 5.41 Å². The molecular weight excluding hydrogens is 717 g/mol. The molecule has 0 bridgehead atoms. The fraction of sp³-hybridized carbons (Fsp3) is 0.0175. The zero-order valence-corrected chi connectivity index (χ0v) is 31.9. The van der Waals surface area contributed by atoms with E-state index in [2.05, 4.69) is 206 Å². The minimum atomic E-state index is -0.467. The molecule has 0 atom stereocenters. The molecule has 0 N–H and O–H groups in total. The van der Waals surface area contributed by atoms with Crippen LogP contribution in [0.2, 0.25) is 0 Å². The van der Waals surface area contributed by atoms with Gasteiger partial charge < -0.3 is 9.15 Å². The molecule has 0 spiro atoms. The molecule has 2 nitrogen and oxygen atoms in total. The first-order chi connectivity index (χ1) is 29.3. The molecule has 0 amide bonds. The minimum absolute atomic E-state index is 0.467. The quantitative estimate of drug-likeness (QED) is 0.179. The van der Waals surface area contributed by atoms with E-state index in [0.29, 0.717) is 0 Å². The van der Waals surface area contributed by atoms with Crippen molar-refractivity contribution in [3.05, 3.63) is 229 Å². The Kier molecular flexibility index (Phi) is 6.68. The summed E-state index contributed by atoms with van der Waals surface area (Å²) in [4.78, 5) is 0. The lowest BCUT2D eigenvalue weighted by atomic mass is 9.67. The number of benzene rings is 10. The van der Waals surface area contributed by atoms with Gasteiger partial charge in [0.15, 0.2) is 0 Å². The first-order valence-electron chi connectivity index (χ1n) is 20.3. The van der Waals surface area contributed by atoms with E-state index in [1.165, 1.54) is 60.8 Å². The van der Waals surface area contributed by atoms with Crippen molar-refractivity contribution in [2.75, 3.05) is 0 Å². The van der Waals surface area contributed by atoms with E-state index in [1.54, 1.807) is 0 Å². The van der Waals surface area contributed by atoms with Crippen LogP contribution in [0.5, 0.6) is 11.5 Å². The van der Waals surface area contributed by atoms with Gasteiger partial charge in [-0.05, 0) is 108 Å². The molecule has 59 heavy (non-hydrogen) atoms. The van der Waals surface area contributed by atoms with Crippen LogP contribution in [0.4, 0.5) is 0 Å². The fourth-order valence-electron chi connectivity index (χ4n) is 10.5. The molecule has 0 unspecified atom stereocenters. The Hall–Kier alpha value is -7.68. The summed E-state index contributed by atoms with van der Waals surface area (Å²) in [5.41, 5.74) is 16.0. The monoisotopic (exact) mass is 750 g/mol. The van der Waals surface area contributed by atoms with Crippen molar-refractivity contribution >= 4 is 43.5 Å². The predicted octanol–water partition coefficient (Wildman–Crippen LogP) is 15.4. The predicted molar refractivity (Wildman–Crippen MR) is 242 cm³/mol. The normalized spacial score (nSPS) is 13.4. The van der Waals surface area contributed by atoms with Crippen LogP contribution in [0.15, 0.2) is 211 Å². The number of ether oxygens (including phenoxy) is 1. The van der Waals surface area contributed by atoms with E-state index in [9.17, 15) is 0 Å². The summed E-state index contributed by atoms with van der Waals surface area (Å²) in [6.07, 6.45) is 0. The highest BCUT2D eigenvalue weighted by Gasteiger charge is 2.46. The van der Waals surface area contributed by atoms with Gasteiger partial charge in [-0.25, -0.2) is 0 Å². The Morgan fingerprint density at radius 3 is 1.85 bits per heavy atom. The number of hydrogen-bond acceptors (Lipinski definition) is 2. The molecule has 0 saturated heterocycles. The van der Waals surface area contributed by atoms with Crippen molar-refractivity contribution in [2.24, 2.45) is 0 Å². The second-order valence-corrected chi connectivity index (χ2v) is 15.9. The van der Waals surface area contributed by atoms with Gasteiger partial charge in [0.05, 0.1) is 5.41 Å². The average molecular weight is 751 g/mol. The van der Waals surface area contributed by atoms with Crippen LogP contribution in [-0.2, 0) is 5.41 Å². The molecule has 1 aliphatic carbocycles. The number of furan rings is 1. The smallest absolute Gasteiger partial charge is 0.143 e. The summed E-state index contributed by atoms with van der Waals surface area (Å²) in [6.45, 7) is 0. The third-order valence-corrected chi connectivity index (χ3v) is 13.0. The average Bonchev–Trinajstić information content (AvgIpc) is 3.84. The molecule has 13 rings (SSSR count). The summed E-state index contributed by atoms with van der Waals surface area (Å²) in [5, 5.41) is 6.87. The lowest BCUT2D eigenvalue weighted by molar-refractivity contribution is 0.487. The molecule has 2 heterocycles. The molecule has 2 heteroatoms. The summed E-state index contributed by atoms with van der Waals surface area (Å²) in [6, 6.07) is 75.0. The van der Waals surface area contributed by atoms with Gasteiger partial charge in [0.1, 0.15) is 22.7 Å². The third kappa shape index (κ3) is 4.46. The fourth-order valence-corrected chi connectivity index (χ4v) is 10.5. The van der Waals surface area contributed by atoms with E-state index >= 15 is 0 Å². The van der Waals surface area contributed by atoms with Gasteiger partial charge in [-0.15, -0.1) is 0 Å². The van der Waals surface area contributed by atoms with Gasteiger partial charge in [-0.1, -0.05) is 170 Å². The highest BCUT2D eigenvalue weighted by Crippen LogP contribution is 2.57. The highest BCUT2D eigenvalue weighted by atomic mass is 16.5. The molecule has 2 aliphatic rings. The van der Waals surface area contributed by atoms with E-state index in [4.69, 9.17) is 9.15 Å². The van der Waals surface area contributed by atoms with Crippen molar-refractivity contribution in [3.63, 3.8) is 0 Å². The molecule has 0 saturated carbocycles. The Bertz CT molecular complexity index is 3480. The Morgan fingerprint density at radius 1 is 0.339 bits per heavy atom. The van der Waals surface area contributed by atoms with Crippen LogP contribution >= 0.6 is 0 Å². The van der Waals surface area contributed by atoms with Gasteiger partial charge in [-0.3, -0.25) is 0 Å². The molecule has 0 fully saturated rings. The Labute approximate surface area is 341 Å². The van der Waals surface area contributed by atoms with Crippen molar-refractivity contribution < 1.29 is 9.15 Å². The zero-order valence-electron chi connectivity index (χ0n) is 31.9. The standard InChI is InChI=1S/C57H34O2/c1-3-14-38(15-4-1)57(39-16-5-2-6-17-39)49-23-10-9-19-43(49)44-28-26-37(34-50(44)57)40-30-32-53-55-45(40)21-11-22-46(55)48-33-36(27-31-51(48)58-53)41-20-12-24-52-54(41)47-29-25-35-13-7-8-18-42(35)56(47)59-52/h1-34H. The summed E-state index contributed by atoms with van der Waals surface area (Å²) >= 11 is 0. The lowest BCUT2D eigenvalue weighted by Crippen LogP contribution is -2.28. The van der Waals surface area contributed by atoms with Crippen molar-refractivity contribution in [3.8, 4) is 56.0 Å². The van der Waals surface area contributed by atoms with Crippen LogP contribution < -0.4 is 4.74 Å². The molecular formula is C57H34O2. The van der Waals surface area contributed by atoms with Crippen molar-refractivity contribution in [1.29, 1.82) is 0 Å². The molecule has 11 aromatic rings. The van der Waals surface area contributed by atoms with Crippen LogP contribution in [0.25, 0.3) is 88.0 Å². The van der Waals surface area contributed by atoms with Gasteiger partial charge in [0, 0.05) is 27.1 Å². The molecule has 274 valence electrons. The van der Waals surface area contributed by atoms with Crippen LogP contribution in [0.3, 0.4) is 0 Å². The first kappa shape index (κ1) is 32.4.